The third-order valence-corrected chi connectivity index (χ3v) is 7.43. The summed E-state index contributed by atoms with van der Waals surface area (Å²) in [6, 6.07) is 21.1. The summed E-state index contributed by atoms with van der Waals surface area (Å²) < 4.78 is 13.9. The normalized spacial score (nSPS) is 16.6. The lowest BCUT2D eigenvalue weighted by atomic mass is 10.1. The van der Waals surface area contributed by atoms with Gasteiger partial charge >= 0.3 is 0 Å². The summed E-state index contributed by atoms with van der Waals surface area (Å²) in [6.07, 6.45) is 3.91. The number of aromatic hydroxyl groups is 2. The Bertz CT molecular complexity index is 1330. The van der Waals surface area contributed by atoms with Crippen LogP contribution in [0.2, 0.25) is 0 Å². The van der Waals surface area contributed by atoms with E-state index < -0.39 is 0 Å². The van der Waals surface area contributed by atoms with Crippen molar-refractivity contribution in [2.45, 2.75) is 38.8 Å². The largest absolute Gasteiger partial charge is 0.508 e. The van der Waals surface area contributed by atoms with Crippen molar-refractivity contribution >= 4 is 10.9 Å². The van der Waals surface area contributed by atoms with Crippen LogP contribution in [0.25, 0.3) is 22.2 Å². The first-order chi connectivity index (χ1) is 18.0. The Hall–Kier alpha value is -3.48. The van der Waals surface area contributed by atoms with E-state index in [1.54, 1.807) is 18.2 Å². The minimum atomic E-state index is 0.242. The summed E-state index contributed by atoms with van der Waals surface area (Å²) in [5.74, 6) is 1.37. The molecule has 0 amide bonds. The molecule has 0 bridgehead atoms. The molecule has 1 unspecified atom stereocenters. The van der Waals surface area contributed by atoms with Gasteiger partial charge in [0.05, 0.1) is 11.8 Å². The molecular formula is C31H36N2O4. The number of aryl methyl sites for hydroxylation is 1. The summed E-state index contributed by atoms with van der Waals surface area (Å²) >= 11 is 0. The maximum Gasteiger partial charge on any atom is 0.119 e. The quantitative estimate of drug-likeness (QED) is 0.313. The molecule has 1 aliphatic heterocycles. The van der Waals surface area contributed by atoms with Gasteiger partial charge in [-0.1, -0.05) is 12.1 Å². The Balaban J connectivity index is 1.31. The first-order valence-electron chi connectivity index (χ1n) is 13.1. The Morgan fingerprint density at radius 3 is 2.43 bits per heavy atom. The van der Waals surface area contributed by atoms with Gasteiger partial charge in [0.2, 0.25) is 0 Å². The molecule has 0 radical (unpaired) electrons. The van der Waals surface area contributed by atoms with Crippen LogP contribution in [-0.4, -0.2) is 59.1 Å². The Kier molecular flexibility index (Phi) is 7.68. The van der Waals surface area contributed by atoms with Crippen molar-refractivity contribution in [1.29, 1.82) is 0 Å². The lowest BCUT2D eigenvalue weighted by Crippen LogP contribution is -2.35. The second-order valence-electron chi connectivity index (χ2n) is 9.95. The van der Waals surface area contributed by atoms with Gasteiger partial charge in [-0.05, 0) is 104 Å². The molecule has 4 aromatic rings. The third-order valence-electron chi connectivity index (χ3n) is 7.43. The molecule has 2 N–H and O–H groups in total. The molecule has 5 rings (SSSR count). The van der Waals surface area contributed by atoms with Crippen LogP contribution in [0.1, 0.15) is 30.4 Å². The van der Waals surface area contributed by atoms with Gasteiger partial charge in [-0.2, -0.15) is 0 Å². The van der Waals surface area contributed by atoms with Crippen LogP contribution >= 0.6 is 0 Å². The van der Waals surface area contributed by atoms with Crippen LogP contribution in [0.4, 0.5) is 0 Å². The summed E-state index contributed by atoms with van der Waals surface area (Å²) in [5.41, 5.74) is 5.42. The maximum absolute atomic E-state index is 10.1. The van der Waals surface area contributed by atoms with Gasteiger partial charge in [-0.15, -0.1) is 0 Å². The first kappa shape index (κ1) is 25.2. The summed E-state index contributed by atoms with van der Waals surface area (Å²) in [4.78, 5) is 2.44. The second kappa shape index (κ2) is 11.3. The van der Waals surface area contributed by atoms with Crippen LogP contribution in [0.3, 0.4) is 0 Å². The van der Waals surface area contributed by atoms with Gasteiger partial charge in [-0.3, -0.25) is 4.90 Å². The Morgan fingerprint density at radius 2 is 1.68 bits per heavy atom. The van der Waals surface area contributed by atoms with E-state index in [9.17, 15) is 10.2 Å². The monoisotopic (exact) mass is 500 g/mol. The predicted octanol–water partition coefficient (Wildman–Crippen LogP) is 5.96. The minimum absolute atomic E-state index is 0.242. The number of phenols is 2. The third kappa shape index (κ3) is 5.76. The van der Waals surface area contributed by atoms with Crippen LogP contribution in [0.15, 0.2) is 66.7 Å². The number of hydrogen-bond donors (Lipinski definition) is 2. The van der Waals surface area contributed by atoms with Gasteiger partial charge < -0.3 is 24.3 Å². The zero-order chi connectivity index (χ0) is 25.8. The molecule has 194 valence electrons. The fourth-order valence-corrected chi connectivity index (χ4v) is 5.41. The smallest absolute Gasteiger partial charge is 0.119 e. The zero-order valence-electron chi connectivity index (χ0n) is 21.7. The number of benzene rings is 3. The molecule has 0 spiro atoms. The highest BCUT2D eigenvalue weighted by Gasteiger charge is 2.18. The fourth-order valence-electron chi connectivity index (χ4n) is 5.41. The van der Waals surface area contributed by atoms with E-state index in [2.05, 4.69) is 28.5 Å². The van der Waals surface area contributed by atoms with Gasteiger partial charge in [0, 0.05) is 37.6 Å². The van der Waals surface area contributed by atoms with Crippen molar-refractivity contribution in [1.82, 2.24) is 9.47 Å². The number of fused-ring (bicyclic) bond motifs is 1. The first-order valence-corrected chi connectivity index (χ1v) is 13.1. The highest BCUT2D eigenvalue weighted by Crippen LogP contribution is 2.36. The van der Waals surface area contributed by atoms with Crippen LogP contribution < -0.4 is 4.74 Å². The molecule has 37 heavy (non-hydrogen) atoms. The van der Waals surface area contributed by atoms with Crippen molar-refractivity contribution in [3.05, 3.63) is 77.9 Å². The molecular weight excluding hydrogens is 464 g/mol. The van der Waals surface area contributed by atoms with E-state index in [1.165, 1.54) is 12.8 Å². The van der Waals surface area contributed by atoms with E-state index in [0.29, 0.717) is 19.3 Å². The summed E-state index contributed by atoms with van der Waals surface area (Å²) in [5, 5.41) is 20.9. The van der Waals surface area contributed by atoms with Crippen LogP contribution in [0.5, 0.6) is 17.2 Å². The number of nitrogens with zero attached hydrogens (tertiary/aromatic N) is 2. The average molecular weight is 501 g/mol. The van der Waals surface area contributed by atoms with E-state index in [4.69, 9.17) is 9.47 Å². The second-order valence-corrected chi connectivity index (χ2v) is 9.95. The number of hydrogen-bond acceptors (Lipinski definition) is 5. The average Bonchev–Trinajstić information content (AvgIpc) is 3.04. The van der Waals surface area contributed by atoms with Gasteiger partial charge in [0.1, 0.15) is 23.9 Å². The molecule has 1 atom stereocenters. The number of phenolic OH excluding ortho intramolecular Hbond substituents is 2. The van der Waals surface area contributed by atoms with Crippen LogP contribution in [0, 0.1) is 6.92 Å². The summed E-state index contributed by atoms with van der Waals surface area (Å²) in [6.45, 7) is 6.40. The number of ether oxygens (including phenoxy) is 2. The molecule has 0 aliphatic carbocycles. The zero-order valence-corrected chi connectivity index (χ0v) is 21.7. The molecule has 1 aromatic heterocycles. The molecule has 0 saturated carbocycles. The van der Waals surface area contributed by atoms with Crippen molar-refractivity contribution in [3.8, 4) is 28.5 Å². The molecule has 6 heteroatoms. The van der Waals surface area contributed by atoms with Crippen molar-refractivity contribution in [2.75, 3.05) is 33.4 Å². The van der Waals surface area contributed by atoms with Gasteiger partial charge in [0.25, 0.3) is 0 Å². The topological polar surface area (TPSA) is 67.1 Å². The number of methoxy groups -OCH3 is 1. The fraction of sp³-hybridized carbons (Fsp3) is 0.355. The SMILES string of the molecule is COC1CCCCN(CCOc2ccc(Cn3c(-c4ccc(O)cc4)c(C)c4cc(O)ccc43)cc2)C1. The van der Waals surface area contributed by atoms with Crippen molar-refractivity contribution < 1.29 is 19.7 Å². The Morgan fingerprint density at radius 1 is 0.919 bits per heavy atom. The van der Waals surface area contributed by atoms with Crippen LogP contribution in [-0.2, 0) is 11.3 Å². The minimum Gasteiger partial charge on any atom is -0.508 e. The highest BCUT2D eigenvalue weighted by atomic mass is 16.5. The van der Waals surface area contributed by atoms with Crippen molar-refractivity contribution in [2.24, 2.45) is 0 Å². The van der Waals surface area contributed by atoms with E-state index in [0.717, 1.165) is 65.1 Å². The molecule has 1 aliphatic rings. The molecule has 1 saturated heterocycles. The molecule has 1 fully saturated rings. The van der Waals surface area contributed by atoms with Gasteiger partial charge in [0.15, 0.2) is 0 Å². The highest BCUT2D eigenvalue weighted by molar-refractivity contribution is 5.92. The van der Waals surface area contributed by atoms with Crippen molar-refractivity contribution in [3.63, 3.8) is 0 Å². The summed E-state index contributed by atoms with van der Waals surface area (Å²) in [7, 11) is 1.81. The number of likely N-dealkylation sites (tertiary alicyclic amines) is 1. The lowest BCUT2D eigenvalue weighted by molar-refractivity contribution is 0.0649. The van der Waals surface area contributed by atoms with E-state index >= 15 is 0 Å². The molecule has 2 heterocycles. The lowest BCUT2D eigenvalue weighted by Gasteiger charge is -2.23. The standard InChI is InChI=1S/C31H36N2O4/c1-22-29-19-26(35)12-15-30(29)33(31(22)24-8-10-25(34)11-9-24)20-23-6-13-27(14-7-23)37-18-17-32-16-4-3-5-28(21-32)36-2/h6-15,19,28,34-35H,3-5,16-18,20-21H2,1-2H3. The van der Waals surface area contributed by atoms with E-state index in [-0.39, 0.29) is 11.5 Å². The number of rotatable bonds is 8. The van der Waals surface area contributed by atoms with Gasteiger partial charge in [-0.25, -0.2) is 0 Å². The predicted molar refractivity (Wildman–Crippen MR) is 148 cm³/mol. The molecule has 6 nitrogen and oxygen atoms in total. The molecule has 3 aromatic carbocycles. The van der Waals surface area contributed by atoms with E-state index in [1.807, 2.05) is 43.5 Å². The number of aromatic nitrogens is 1. The Labute approximate surface area is 218 Å². The maximum atomic E-state index is 10.1.